The van der Waals surface area contributed by atoms with Gasteiger partial charge in [-0.3, -0.25) is 39.1 Å². The van der Waals surface area contributed by atoms with Crippen molar-refractivity contribution in [1.29, 1.82) is 0 Å². The number of carbonyl (C=O) groups excluding carboxylic acids is 4. The number of nitrogens with one attached hydrogen (secondary N) is 2. The van der Waals surface area contributed by atoms with Gasteiger partial charge in [0.25, 0.3) is 17.4 Å². The van der Waals surface area contributed by atoms with E-state index in [-0.39, 0.29) is 24.9 Å². The van der Waals surface area contributed by atoms with Crippen LogP contribution in [0.3, 0.4) is 0 Å². The Bertz CT molecular complexity index is 2710. The number of imide groups is 2. The number of allylic oxidation sites excluding steroid dienone is 1. The minimum atomic E-state index is -1.01. The highest BCUT2D eigenvalue weighted by Crippen LogP contribution is 2.39. The van der Waals surface area contributed by atoms with Gasteiger partial charge in [0.1, 0.15) is 17.0 Å². The van der Waals surface area contributed by atoms with E-state index in [9.17, 15) is 29.1 Å². The van der Waals surface area contributed by atoms with Crippen LogP contribution in [-0.4, -0.2) is 114 Å². The molecule has 2 atom stereocenters. The number of amides is 4. The molecule has 5 aliphatic rings. The normalized spacial score (nSPS) is 21.8. The molecule has 0 bridgehead atoms. The Morgan fingerprint density at radius 1 is 0.934 bits per heavy atom. The Morgan fingerprint density at radius 3 is 2.46 bits per heavy atom. The highest BCUT2D eigenvalue weighted by Gasteiger charge is 2.47. The molecule has 1 unspecified atom stereocenters. The van der Waals surface area contributed by atoms with Crippen molar-refractivity contribution in [2.24, 2.45) is 0 Å². The predicted molar refractivity (Wildman–Crippen MR) is 226 cm³/mol. The number of fused-ring (bicyclic) bond motifs is 3. The van der Waals surface area contributed by atoms with Crippen molar-refractivity contribution >= 4 is 57.7 Å². The number of nitrogens with zero attached hydrogens (tertiary/aromatic N) is 9. The lowest BCUT2D eigenvalue weighted by Gasteiger charge is -2.49. The van der Waals surface area contributed by atoms with Crippen LogP contribution >= 0.6 is 0 Å². The third-order valence-corrected chi connectivity index (χ3v) is 13.0. The van der Waals surface area contributed by atoms with Gasteiger partial charge in [-0.2, -0.15) is 4.98 Å². The third-order valence-electron chi connectivity index (χ3n) is 13.0. The van der Waals surface area contributed by atoms with E-state index >= 15 is 0 Å². The smallest absolute Gasteiger partial charge is 0.278 e. The standard InChI is InChI=1S/C44H45N11O6/c1-3-18-53-40(58)31-23-45-43(49-38(31)55(53)34-14-8-26-16-17-44(61,4-2)37(26)47-34)46-27-9-11-28(12-10-27)50-19-21-51(22-20-50)29-24-52(25-29)32-7-5-6-30-36(32)42(60)54(41(30)59)33-13-15-35(56)48-39(33)57/h3,5-12,14,23,29,33,61H,1,4,13,15-22,24-25H2,2H3,(H,45,46,49)(H,48,56,57)/t33?,44-/m1/s1. The summed E-state index contributed by atoms with van der Waals surface area (Å²) in [5.74, 6) is -1.20. The number of hydrogen-bond acceptors (Lipinski definition) is 13. The van der Waals surface area contributed by atoms with Gasteiger partial charge >= 0.3 is 0 Å². The van der Waals surface area contributed by atoms with Crippen molar-refractivity contribution < 1.29 is 24.3 Å². The molecule has 312 valence electrons. The van der Waals surface area contributed by atoms with Crippen LogP contribution in [0, 0.1) is 0 Å². The first kappa shape index (κ1) is 38.5. The van der Waals surface area contributed by atoms with Crippen molar-refractivity contribution in [2.45, 2.75) is 63.3 Å². The molecule has 4 aliphatic heterocycles. The molecule has 3 N–H and O–H groups in total. The zero-order chi connectivity index (χ0) is 42.2. The maximum Gasteiger partial charge on any atom is 0.278 e. The van der Waals surface area contributed by atoms with E-state index in [0.29, 0.717) is 77.3 Å². The Morgan fingerprint density at radius 2 is 1.72 bits per heavy atom. The molecule has 0 radical (unpaired) electrons. The highest BCUT2D eigenvalue weighted by atomic mass is 16.3. The van der Waals surface area contributed by atoms with E-state index in [1.54, 1.807) is 22.9 Å². The number of piperidine rings is 1. The minimum Gasteiger partial charge on any atom is -0.384 e. The van der Waals surface area contributed by atoms with Crippen LogP contribution in [0.4, 0.5) is 23.0 Å². The van der Waals surface area contributed by atoms with Gasteiger partial charge in [0.15, 0.2) is 11.5 Å². The number of carbonyl (C=O) groups is 4. The Labute approximate surface area is 350 Å². The molecule has 3 aromatic heterocycles. The fourth-order valence-electron chi connectivity index (χ4n) is 9.49. The summed E-state index contributed by atoms with van der Waals surface area (Å²) >= 11 is 0. The van der Waals surface area contributed by atoms with Gasteiger partial charge in [-0.05, 0) is 73.7 Å². The Balaban J connectivity index is 0.784. The van der Waals surface area contributed by atoms with Crippen LogP contribution in [0.25, 0.3) is 16.9 Å². The maximum absolute atomic E-state index is 13.6. The lowest BCUT2D eigenvalue weighted by Crippen LogP contribution is -2.63. The molecule has 10 rings (SSSR count). The summed E-state index contributed by atoms with van der Waals surface area (Å²) in [5, 5.41) is 17.2. The number of aromatic nitrogens is 5. The highest BCUT2D eigenvalue weighted by molar-refractivity contribution is 6.25. The van der Waals surface area contributed by atoms with E-state index in [2.05, 4.69) is 49.0 Å². The number of hydrogen-bond donors (Lipinski definition) is 3. The topological polar surface area (TPSA) is 191 Å². The van der Waals surface area contributed by atoms with E-state index in [1.165, 1.54) is 10.9 Å². The van der Waals surface area contributed by atoms with Gasteiger partial charge in [0.2, 0.25) is 17.8 Å². The zero-order valence-corrected chi connectivity index (χ0v) is 33.7. The average Bonchev–Trinajstić information content (AvgIpc) is 3.83. The summed E-state index contributed by atoms with van der Waals surface area (Å²) in [6, 6.07) is 16.5. The molecule has 4 amide bonds. The van der Waals surface area contributed by atoms with Gasteiger partial charge in [-0.15, -0.1) is 6.58 Å². The average molecular weight is 824 g/mol. The summed E-state index contributed by atoms with van der Waals surface area (Å²) < 4.78 is 3.21. The van der Waals surface area contributed by atoms with Gasteiger partial charge in [-0.1, -0.05) is 25.1 Å². The molecule has 1 aliphatic carbocycles. The molecule has 17 nitrogen and oxygen atoms in total. The van der Waals surface area contributed by atoms with Crippen LogP contribution in [0.1, 0.15) is 64.6 Å². The molecular weight excluding hydrogens is 779 g/mol. The molecule has 5 aromatic rings. The summed E-state index contributed by atoms with van der Waals surface area (Å²) in [5.41, 5.74) is 3.95. The maximum atomic E-state index is 13.6. The number of piperazine rings is 1. The summed E-state index contributed by atoms with van der Waals surface area (Å²) in [4.78, 5) is 86.9. The Kier molecular flexibility index (Phi) is 9.32. The minimum absolute atomic E-state index is 0.0781. The zero-order valence-electron chi connectivity index (χ0n) is 33.7. The fraction of sp³-hybridized carbons (Fsp3) is 0.364. The molecule has 17 heteroatoms. The lowest BCUT2D eigenvalue weighted by atomic mass is 9.98. The van der Waals surface area contributed by atoms with E-state index in [4.69, 9.17) is 9.97 Å². The largest absolute Gasteiger partial charge is 0.384 e. The number of benzene rings is 2. The fourth-order valence-corrected chi connectivity index (χ4v) is 9.49. The second-order valence-corrected chi connectivity index (χ2v) is 16.4. The second-order valence-electron chi connectivity index (χ2n) is 16.4. The predicted octanol–water partition coefficient (Wildman–Crippen LogP) is 2.86. The molecule has 3 saturated heterocycles. The molecule has 61 heavy (non-hydrogen) atoms. The monoisotopic (exact) mass is 823 g/mol. The lowest BCUT2D eigenvalue weighted by molar-refractivity contribution is -0.136. The van der Waals surface area contributed by atoms with Crippen LogP contribution in [-0.2, 0) is 28.2 Å². The van der Waals surface area contributed by atoms with Gasteiger partial charge in [0, 0.05) is 69.3 Å². The number of anilines is 4. The second kappa shape index (κ2) is 14.8. The third kappa shape index (κ3) is 6.37. The van der Waals surface area contributed by atoms with E-state index in [1.807, 2.05) is 37.3 Å². The molecule has 0 saturated carbocycles. The number of aryl methyl sites for hydroxylation is 1. The van der Waals surface area contributed by atoms with Gasteiger partial charge in [0.05, 0.1) is 29.1 Å². The van der Waals surface area contributed by atoms with Crippen molar-refractivity contribution in [3.63, 3.8) is 0 Å². The quantitative estimate of drug-likeness (QED) is 0.138. The molecule has 2 aromatic carbocycles. The molecule has 7 heterocycles. The molecular formula is C44H45N11O6. The summed E-state index contributed by atoms with van der Waals surface area (Å²) in [6.07, 6.45) is 5.27. The SMILES string of the molecule is C=CCn1c(=O)c2cnc(Nc3ccc(N4CCN(C5CN(c6cccc7c6C(=O)N(C6CCC(=O)NC6=O)C7=O)C5)CC4)cc3)nc2n1-c1ccc2c(n1)[C@@](O)(CC)CC2. The van der Waals surface area contributed by atoms with Crippen molar-refractivity contribution in [2.75, 3.05) is 54.4 Å². The van der Waals surface area contributed by atoms with E-state index in [0.717, 1.165) is 54.4 Å². The van der Waals surface area contributed by atoms with E-state index < -0.39 is 35.3 Å². The van der Waals surface area contributed by atoms with Crippen LogP contribution in [0.15, 0.2) is 78.2 Å². The van der Waals surface area contributed by atoms with Crippen LogP contribution in [0.2, 0.25) is 0 Å². The first-order valence-electron chi connectivity index (χ1n) is 20.8. The summed E-state index contributed by atoms with van der Waals surface area (Å²) in [7, 11) is 0. The van der Waals surface area contributed by atoms with Crippen molar-refractivity contribution in [3.05, 3.63) is 106 Å². The first-order chi connectivity index (χ1) is 29.5. The van der Waals surface area contributed by atoms with Crippen molar-refractivity contribution in [3.8, 4) is 5.82 Å². The molecule has 3 fully saturated rings. The molecule has 0 spiro atoms. The first-order valence-corrected chi connectivity index (χ1v) is 20.8. The number of rotatable bonds is 10. The number of aliphatic hydroxyl groups is 1. The van der Waals surface area contributed by atoms with Gasteiger partial charge in [-0.25, -0.2) is 19.3 Å². The van der Waals surface area contributed by atoms with Crippen LogP contribution in [0.5, 0.6) is 0 Å². The van der Waals surface area contributed by atoms with Gasteiger partial charge < -0.3 is 20.2 Å². The summed E-state index contributed by atoms with van der Waals surface area (Å²) in [6.45, 7) is 10.9. The van der Waals surface area contributed by atoms with Crippen LogP contribution < -0.4 is 26.0 Å². The van der Waals surface area contributed by atoms with Crippen molar-refractivity contribution in [1.82, 2.24) is 39.4 Å². The Hall–Kier alpha value is -6.72. The number of pyridine rings is 1.